The van der Waals surface area contributed by atoms with Crippen LogP contribution in [-0.2, 0) is 4.79 Å². The van der Waals surface area contributed by atoms with Crippen LogP contribution in [0, 0.1) is 11.8 Å². The topological polar surface area (TPSA) is 62.5 Å². The maximum absolute atomic E-state index is 13.1. The Labute approximate surface area is 166 Å². The summed E-state index contributed by atoms with van der Waals surface area (Å²) in [7, 11) is 4.15. The predicted molar refractivity (Wildman–Crippen MR) is 108 cm³/mol. The van der Waals surface area contributed by atoms with E-state index in [2.05, 4.69) is 34.1 Å². The molecule has 2 fully saturated rings. The van der Waals surface area contributed by atoms with Crippen molar-refractivity contribution >= 4 is 5.91 Å². The highest BCUT2D eigenvalue weighted by Gasteiger charge is 2.41. The van der Waals surface area contributed by atoms with Crippen LogP contribution in [0.25, 0.3) is 11.5 Å². The molecular weight excluding hydrogens is 352 g/mol. The third-order valence-corrected chi connectivity index (χ3v) is 6.09. The highest BCUT2D eigenvalue weighted by Crippen LogP contribution is 2.36. The second-order valence-electron chi connectivity index (χ2n) is 8.52. The molecule has 0 bridgehead atoms. The molecule has 1 aliphatic carbocycles. The quantitative estimate of drug-likeness (QED) is 0.793. The lowest BCUT2D eigenvalue weighted by Crippen LogP contribution is -2.36. The minimum atomic E-state index is 0.0971. The van der Waals surface area contributed by atoms with Crippen LogP contribution in [0.2, 0.25) is 0 Å². The maximum Gasteiger partial charge on any atom is 0.247 e. The molecule has 4 rings (SSSR count). The van der Waals surface area contributed by atoms with E-state index in [0.717, 1.165) is 31.5 Å². The number of nitrogens with zero attached hydrogens (tertiary/aromatic N) is 4. The summed E-state index contributed by atoms with van der Waals surface area (Å²) < 4.78 is 6.06. The van der Waals surface area contributed by atoms with Gasteiger partial charge in [0, 0.05) is 37.0 Å². The molecule has 150 valence electrons. The van der Waals surface area contributed by atoms with Gasteiger partial charge < -0.3 is 14.2 Å². The molecular formula is C22H30N4O2. The van der Waals surface area contributed by atoms with Gasteiger partial charge in [-0.05, 0) is 39.1 Å². The van der Waals surface area contributed by atoms with Crippen LogP contribution >= 0.6 is 0 Å². The minimum Gasteiger partial charge on any atom is -0.420 e. The molecule has 0 spiro atoms. The van der Waals surface area contributed by atoms with Gasteiger partial charge in [0.2, 0.25) is 17.7 Å². The Balaban J connectivity index is 1.52. The van der Waals surface area contributed by atoms with Gasteiger partial charge in [-0.1, -0.05) is 37.5 Å². The lowest BCUT2D eigenvalue weighted by molar-refractivity contribution is -0.135. The van der Waals surface area contributed by atoms with Gasteiger partial charge >= 0.3 is 0 Å². The summed E-state index contributed by atoms with van der Waals surface area (Å²) in [6.45, 7) is 2.37. The highest BCUT2D eigenvalue weighted by atomic mass is 16.4. The number of hydrogen-bond acceptors (Lipinski definition) is 5. The van der Waals surface area contributed by atoms with E-state index >= 15 is 0 Å². The van der Waals surface area contributed by atoms with Crippen molar-refractivity contribution < 1.29 is 9.21 Å². The molecule has 2 atom stereocenters. The third-order valence-electron chi connectivity index (χ3n) is 6.09. The number of amides is 1. The zero-order valence-electron chi connectivity index (χ0n) is 16.9. The van der Waals surface area contributed by atoms with Crippen LogP contribution in [0.1, 0.15) is 43.9 Å². The molecule has 1 aliphatic heterocycles. The van der Waals surface area contributed by atoms with Crippen molar-refractivity contribution in [2.45, 2.75) is 38.0 Å². The van der Waals surface area contributed by atoms with Gasteiger partial charge in [-0.2, -0.15) is 0 Å². The molecule has 2 aliphatic rings. The fourth-order valence-corrected chi connectivity index (χ4v) is 4.67. The van der Waals surface area contributed by atoms with E-state index < -0.39 is 0 Å². The first-order valence-electron chi connectivity index (χ1n) is 10.4. The van der Waals surface area contributed by atoms with Gasteiger partial charge in [0.1, 0.15) is 0 Å². The first-order valence-corrected chi connectivity index (χ1v) is 10.4. The molecule has 6 nitrogen and oxygen atoms in total. The summed E-state index contributed by atoms with van der Waals surface area (Å²) in [4.78, 5) is 17.3. The molecule has 1 saturated heterocycles. The van der Waals surface area contributed by atoms with Crippen molar-refractivity contribution in [3.8, 4) is 11.5 Å². The smallest absolute Gasteiger partial charge is 0.247 e. The van der Waals surface area contributed by atoms with Crippen molar-refractivity contribution in [2.24, 2.45) is 11.8 Å². The number of hydrogen-bond donors (Lipinski definition) is 0. The Bertz CT molecular complexity index is 783. The molecule has 0 N–H and O–H groups in total. The fraction of sp³-hybridized carbons (Fsp3) is 0.591. The van der Waals surface area contributed by atoms with Crippen molar-refractivity contribution in [3.63, 3.8) is 0 Å². The number of benzene rings is 1. The summed E-state index contributed by atoms with van der Waals surface area (Å²) >= 11 is 0. The summed E-state index contributed by atoms with van der Waals surface area (Å²) in [5.74, 6) is 2.15. The summed E-state index contributed by atoms with van der Waals surface area (Å²) in [6, 6.07) is 9.85. The van der Waals surface area contributed by atoms with E-state index in [1.54, 1.807) is 0 Å². The van der Waals surface area contributed by atoms with E-state index in [0.29, 0.717) is 30.2 Å². The van der Waals surface area contributed by atoms with E-state index in [-0.39, 0.29) is 11.8 Å². The van der Waals surface area contributed by atoms with Crippen molar-refractivity contribution in [3.05, 3.63) is 36.2 Å². The van der Waals surface area contributed by atoms with E-state index in [1.165, 1.54) is 19.3 Å². The average Bonchev–Trinajstić information content (AvgIpc) is 3.35. The Hall–Kier alpha value is -2.21. The van der Waals surface area contributed by atoms with Crippen LogP contribution in [0.15, 0.2) is 34.7 Å². The second-order valence-corrected chi connectivity index (χ2v) is 8.52. The third kappa shape index (κ3) is 4.12. The maximum atomic E-state index is 13.1. The molecule has 0 unspecified atom stereocenters. The fourth-order valence-electron chi connectivity index (χ4n) is 4.67. The number of rotatable bonds is 5. The number of carbonyl (C=O) groups excluding carboxylic acids is 1. The number of likely N-dealkylation sites (tertiary alicyclic amines) is 1. The Morgan fingerprint density at radius 3 is 2.57 bits per heavy atom. The van der Waals surface area contributed by atoms with Gasteiger partial charge in [-0.25, -0.2) is 0 Å². The van der Waals surface area contributed by atoms with Crippen LogP contribution in [0.3, 0.4) is 0 Å². The molecule has 2 heterocycles. The Morgan fingerprint density at radius 2 is 1.86 bits per heavy atom. The number of aromatic nitrogens is 2. The SMILES string of the molecule is CN(C)C[C@H]1CN(C(=O)C2CCCCC2)C[C@@H]1c1nnc(-c2ccccc2)o1. The largest absolute Gasteiger partial charge is 0.420 e. The van der Waals surface area contributed by atoms with Gasteiger partial charge in [0.05, 0.1) is 5.92 Å². The monoisotopic (exact) mass is 382 g/mol. The Kier molecular flexibility index (Phi) is 5.76. The minimum absolute atomic E-state index is 0.0971. The van der Waals surface area contributed by atoms with Gasteiger partial charge in [0.25, 0.3) is 0 Å². The molecule has 1 amide bonds. The lowest BCUT2D eigenvalue weighted by Gasteiger charge is -2.26. The molecule has 1 aromatic carbocycles. The van der Waals surface area contributed by atoms with E-state index in [4.69, 9.17) is 4.42 Å². The van der Waals surface area contributed by atoms with Crippen LogP contribution in [0.5, 0.6) is 0 Å². The first kappa shape index (κ1) is 19.1. The van der Waals surface area contributed by atoms with Crippen molar-refractivity contribution in [1.29, 1.82) is 0 Å². The summed E-state index contributed by atoms with van der Waals surface area (Å²) in [5.41, 5.74) is 0.929. The van der Waals surface area contributed by atoms with Crippen LogP contribution in [0.4, 0.5) is 0 Å². The second kappa shape index (κ2) is 8.43. The van der Waals surface area contributed by atoms with Gasteiger partial charge in [-0.3, -0.25) is 4.79 Å². The highest BCUT2D eigenvalue weighted by molar-refractivity contribution is 5.79. The summed E-state index contributed by atoms with van der Waals surface area (Å²) in [6.07, 6.45) is 5.70. The van der Waals surface area contributed by atoms with Crippen molar-refractivity contribution in [1.82, 2.24) is 20.0 Å². The molecule has 28 heavy (non-hydrogen) atoms. The zero-order valence-corrected chi connectivity index (χ0v) is 16.9. The molecule has 1 aromatic heterocycles. The van der Waals surface area contributed by atoms with Crippen LogP contribution < -0.4 is 0 Å². The van der Waals surface area contributed by atoms with E-state index in [1.807, 2.05) is 30.3 Å². The van der Waals surface area contributed by atoms with Gasteiger partial charge in [0.15, 0.2) is 0 Å². The normalized spacial score (nSPS) is 23.5. The standard InChI is InChI=1S/C22H30N4O2/c1-25(2)13-18-14-26(22(27)17-11-7-4-8-12-17)15-19(18)21-24-23-20(28-21)16-9-5-3-6-10-16/h3,5-6,9-10,17-19H,4,7-8,11-15H2,1-2H3/t18-,19-/m0/s1. The van der Waals surface area contributed by atoms with Crippen LogP contribution in [-0.4, -0.2) is 59.6 Å². The molecule has 6 heteroatoms. The molecule has 1 saturated carbocycles. The Morgan fingerprint density at radius 1 is 1.11 bits per heavy atom. The first-order chi connectivity index (χ1) is 13.6. The molecule has 2 aromatic rings. The zero-order chi connectivity index (χ0) is 19.5. The average molecular weight is 383 g/mol. The van der Waals surface area contributed by atoms with Gasteiger partial charge in [-0.15, -0.1) is 10.2 Å². The van der Waals surface area contributed by atoms with Crippen molar-refractivity contribution in [2.75, 3.05) is 33.7 Å². The lowest BCUT2D eigenvalue weighted by atomic mass is 9.88. The predicted octanol–water partition coefficient (Wildman–Crippen LogP) is 3.42. The van der Waals surface area contributed by atoms with E-state index in [9.17, 15) is 4.79 Å². The molecule has 0 radical (unpaired) electrons. The summed E-state index contributed by atoms with van der Waals surface area (Å²) in [5, 5.41) is 8.64. The number of carbonyl (C=O) groups is 1.